The van der Waals surface area contributed by atoms with Crippen LogP contribution in [-0.2, 0) is 0 Å². The van der Waals surface area contributed by atoms with Crippen LogP contribution in [-0.4, -0.2) is 0 Å². The summed E-state index contributed by atoms with van der Waals surface area (Å²) in [5.41, 5.74) is 12.1. The second-order valence-corrected chi connectivity index (χ2v) is 14.5. The fourth-order valence-electron chi connectivity index (χ4n) is 8.56. The highest BCUT2D eigenvalue weighted by molar-refractivity contribution is 6.14. The average Bonchev–Trinajstić information content (AvgIpc) is 3.65. The van der Waals surface area contributed by atoms with Gasteiger partial charge in [0.1, 0.15) is 11.2 Å². The van der Waals surface area contributed by atoms with Crippen LogP contribution >= 0.6 is 0 Å². The molecule has 2 heteroatoms. The molecule has 262 valence electrons. The lowest BCUT2D eigenvalue weighted by molar-refractivity contribution is 0.669. The van der Waals surface area contributed by atoms with E-state index in [9.17, 15) is 0 Å². The van der Waals surface area contributed by atoms with Gasteiger partial charge in [0.05, 0.1) is 11.4 Å². The maximum absolute atomic E-state index is 6.28. The molecule has 1 aromatic heterocycles. The Morgan fingerprint density at radius 1 is 0.286 bits per heavy atom. The Balaban J connectivity index is 1.18. The molecule has 1 heterocycles. The maximum Gasteiger partial charge on any atom is 0.135 e. The van der Waals surface area contributed by atoms with Gasteiger partial charge in [-0.05, 0) is 97.2 Å². The zero-order valence-corrected chi connectivity index (χ0v) is 30.6. The summed E-state index contributed by atoms with van der Waals surface area (Å²) >= 11 is 0. The molecule has 0 radical (unpaired) electrons. The fraction of sp³-hybridized carbons (Fsp3) is 0. The van der Waals surface area contributed by atoms with Gasteiger partial charge in [0.15, 0.2) is 0 Å². The van der Waals surface area contributed by atoms with Gasteiger partial charge in [0.2, 0.25) is 0 Å². The van der Waals surface area contributed by atoms with E-state index in [-0.39, 0.29) is 0 Å². The van der Waals surface area contributed by atoms with Crippen molar-refractivity contribution in [2.45, 2.75) is 0 Å². The van der Waals surface area contributed by atoms with E-state index in [0.717, 1.165) is 55.7 Å². The van der Waals surface area contributed by atoms with Crippen LogP contribution in [0.1, 0.15) is 0 Å². The molecule has 10 aromatic carbocycles. The van der Waals surface area contributed by atoms with Crippen molar-refractivity contribution in [2.75, 3.05) is 4.90 Å². The molecule has 0 saturated carbocycles. The van der Waals surface area contributed by atoms with Gasteiger partial charge in [0, 0.05) is 27.4 Å². The van der Waals surface area contributed by atoms with Crippen LogP contribution in [0.15, 0.2) is 217 Å². The standard InChI is InChI=1S/C54H35NO/c1-2-12-36(13-3-1)40-27-31-46(41-28-33-54-50(34-41)49-19-8-9-23-53(49)56-54)52(35-40)55(51-22-11-21-47-45-18-7-5-15-38(45)26-32-48(47)51)42-29-24-39(25-30-42)44-20-10-16-37-14-4-6-17-43(37)44/h1-35H. The van der Waals surface area contributed by atoms with Crippen LogP contribution in [0.5, 0.6) is 0 Å². The summed E-state index contributed by atoms with van der Waals surface area (Å²) in [4.78, 5) is 2.46. The molecule has 0 N–H and O–H groups in total. The molecule has 0 fully saturated rings. The van der Waals surface area contributed by atoms with Crippen molar-refractivity contribution in [1.82, 2.24) is 0 Å². The molecule has 0 unspecified atom stereocenters. The number of hydrogen-bond donors (Lipinski definition) is 0. The lowest BCUT2D eigenvalue weighted by Gasteiger charge is -2.30. The molecule has 11 rings (SSSR count). The fourth-order valence-corrected chi connectivity index (χ4v) is 8.56. The number of para-hydroxylation sites is 1. The summed E-state index contributed by atoms with van der Waals surface area (Å²) in [6, 6.07) is 76.7. The van der Waals surface area contributed by atoms with Crippen LogP contribution in [0, 0.1) is 0 Å². The Bertz CT molecular complexity index is 3240. The molecule has 11 aromatic rings. The summed E-state index contributed by atoms with van der Waals surface area (Å²) in [5.74, 6) is 0. The molecule has 0 bridgehead atoms. The molecule has 0 aliphatic heterocycles. The highest BCUT2D eigenvalue weighted by Gasteiger charge is 2.22. The number of fused-ring (bicyclic) bond motifs is 7. The van der Waals surface area contributed by atoms with Crippen LogP contribution < -0.4 is 4.90 Å². The molecule has 0 amide bonds. The monoisotopic (exact) mass is 713 g/mol. The van der Waals surface area contributed by atoms with Gasteiger partial charge in [-0.15, -0.1) is 0 Å². The van der Waals surface area contributed by atoms with Gasteiger partial charge in [-0.25, -0.2) is 0 Å². The van der Waals surface area contributed by atoms with Gasteiger partial charge >= 0.3 is 0 Å². The SMILES string of the molecule is c1ccc(-c2ccc(-c3ccc4oc5ccccc5c4c3)c(N(c3ccc(-c4cccc5ccccc45)cc3)c3cccc4c3ccc3ccccc34)c2)cc1. The molecular formula is C54H35NO. The second-order valence-electron chi connectivity index (χ2n) is 14.5. The highest BCUT2D eigenvalue weighted by atomic mass is 16.3. The van der Waals surface area contributed by atoms with Crippen molar-refractivity contribution in [1.29, 1.82) is 0 Å². The number of benzene rings is 10. The van der Waals surface area contributed by atoms with Crippen LogP contribution in [0.2, 0.25) is 0 Å². The molecule has 0 spiro atoms. The molecular weight excluding hydrogens is 679 g/mol. The summed E-state index contributed by atoms with van der Waals surface area (Å²) in [5, 5.41) is 9.61. The Labute approximate surface area is 325 Å². The van der Waals surface area contributed by atoms with Crippen molar-refractivity contribution in [3.8, 4) is 33.4 Å². The third kappa shape index (κ3) is 5.34. The quantitative estimate of drug-likeness (QED) is 0.160. The maximum atomic E-state index is 6.28. The Morgan fingerprint density at radius 3 is 1.79 bits per heavy atom. The first-order valence-electron chi connectivity index (χ1n) is 19.2. The van der Waals surface area contributed by atoms with Crippen LogP contribution in [0.4, 0.5) is 17.1 Å². The third-order valence-corrected chi connectivity index (χ3v) is 11.3. The molecule has 0 aliphatic carbocycles. The predicted molar refractivity (Wildman–Crippen MR) is 237 cm³/mol. The van der Waals surface area contributed by atoms with Gasteiger partial charge in [-0.1, -0.05) is 170 Å². The predicted octanol–water partition coefficient (Wildman–Crippen LogP) is 15.5. The summed E-state index contributed by atoms with van der Waals surface area (Å²) in [7, 11) is 0. The number of anilines is 3. The zero-order valence-electron chi connectivity index (χ0n) is 30.6. The van der Waals surface area contributed by atoms with Crippen molar-refractivity contribution >= 4 is 71.3 Å². The summed E-state index contributed by atoms with van der Waals surface area (Å²) < 4.78 is 6.28. The van der Waals surface area contributed by atoms with Gasteiger partial charge in [-0.2, -0.15) is 0 Å². The number of hydrogen-bond acceptors (Lipinski definition) is 2. The van der Waals surface area contributed by atoms with E-state index < -0.39 is 0 Å². The Hall–Kier alpha value is -7.42. The lowest BCUT2D eigenvalue weighted by atomic mass is 9.94. The highest BCUT2D eigenvalue weighted by Crippen LogP contribution is 2.47. The minimum atomic E-state index is 0.888. The molecule has 56 heavy (non-hydrogen) atoms. The Morgan fingerprint density at radius 2 is 0.929 bits per heavy atom. The van der Waals surface area contributed by atoms with E-state index in [1.165, 1.54) is 49.0 Å². The van der Waals surface area contributed by atoms with Crippen molar-refractivity contribution in [2.24, 2.45) is 0 Å². The van der Waals surface area contributed by atoms with E-state index >= 15 is 0 Å². The number of rotatable bonds is 6. The minimum absolute atomic E-state index is 0.888. The van der Waals surface area contributed by atoms with E-state index in [1.54, 1.807) is 0 Å². The number of nitrogens with zero attached hydrogens (tertiary/aromatic N) is 1. The van der Waals surface area contributed by atoms with E-state index in [2.05, 4.69) is 205 Å². The second kappa shape index (κ2) is 13.2. The first-order chi connectivity index (χ1) is 27.8. The minimum Gasteiger partial charge on any atom is -0.456 e. The summed E-state index contributed by atoms with van der Waals surface area (Å²) in [6.45, 7) is 0. The molecule has 2 nitrogen and oxygen atoms in total. The van der Waals surface area contributed by atoms with Crippen molar-refractivity contribution < 1.29 is 4.42 Å². The van der Waals surface area contributed by atoms with E-state index in [4.69, 9.17) is 4.42 Å². The lowest BCUT2D eigenvalue weighted by Crippen LogP contribution is -2.12. The Kier molecular flexibility index (Phi) is 7.53. The molecule has 0 saturated heterocycles. The molecule has 0 atom stereocenters. The normalized spacial score (nSPS) is 11.6. The van der Waals surface area contributed by atoms with Crippen molar-refractivity contribution in [3.63, 3.8) is 0 Å². The zero-order chi connectivity index (χ0) is 37.0. The third-order valence-electron chi connectivity index (χ3n) is 11.3. The van der Waals surface area contributed by atoms with Gasteiger partial charge in [0.25, 0.3) is 0 Å². The largest absolute Gasteiger partial charge is 0.456 e. The van der Waals surface area contributed by atoms with Gasteiger partial charge in [-0.3, -0.25) is 0 Å². The van der Waals surface area contributed by atoms with E-state index in [1.807, 2.05) is 12.1 Å². The van der Waals surface area contributed by atoms with Crippen LogP contribution in [0.3, 0.4) is 0 Å². The summed E-state index contributed by atoms with van der Waals surface area (Å²) in [6.07, 6.45) is 0. The smallest absolute Gasteiger partial charge is 0.135 e. The van der Waals surface area contributed by atoms with Crippen molar-refractivity contribution in [3.05, 3.63) is 212 Å². The molecule has 0 aliphatic rings. The first-order valence-corrected chi connectivity index (χ1v) is 19.2. The topological polar surface area (TPSA) is 16.4 Å². The number of furan rings is 1. The van der Waals surface area contributed by atoms with Crippen LogP contribution in [0.25, 0.3) is 87.6 Å². The van der Waals surface area contributed by atoms with Gasteiger partial charge < -0.3 is 9.32 Å². The first kappa shape index (κ1) is 32.0. The average molecular weight is 714 g/mol. The van der Waals surface area contributed by atoms with E-state index in [0.29, 0.717) is 0 Å².